The van der Waals surface area contributed by atoms with Gasteiger partial charge in [0.1, 0.15) is 11.9 Å². The summed E-state index contributed by atoms with van der Waals surface area (Å²) in [5.74, 6) is 0.368. The Kier molecular flexibility index (Phi) is 10.1. The van der Waals surface area contributed by atoms with Gasteiger partial charge in [-0.3, -0.25) is 9.59 Å². The molecule has 0 saturated heterocycles. The number of ether oxygens (including phenoxy) is 2. The van der Waals surface area contributed by atoms with Gasteiger partial charge in [-0.15, -0.1) is 0 Å². The lowest BCUT2D eigenvalue weighted by atomic mass is 9.88. The number of nitrogens with one attached hydrogen (secondary N) is 2. The molecule has 222 valence electrons. The van der Waals surface area contributed by atoms with Crippen molar-refractivity contribution in [2.45, 2.75) is 58.1 Å². The van der Waals surface area contributed by atoms with Crippen LogP contribution in [0.25, 0.3) is 0 Å². The number of amides is 4. The predicted molar refractivity (Wildman–Crippen MR) is 157 cm³/mol. The molecular formula is C31H42N4O6. The second kappa shape index (κ2) is 13.7. The summed E-state index contributed by atoms with van der Waals surface area (Å²) in [6.45, 7) is 4.12. The largest absolute Gasteiger partial charge is 0.497 e. The number of aliphatic hydroxyl groups excluding tert-OH is 1. The summed E-state index contributed by atoms with van der Waals surface area (Å²) in [6, 6.07) is 11.5. The number of nitrogens with zero attached hydrogens (tertiary/aromatic N) is 2. The highest BCUT2D eigenvalue weighted by Gasteiger charge is 2.35. The molecule has 1 aliphatic heterocycles. The maximum absolute atomic E-state index is 13.7. The monoisotopic (exact) mass is 566 g/mol. The summed E-state index contributed by atoms with van der Waals surface area (Å²) in [4.78, 5) is 43.1. The molecule has 1 fully saturated rings. The topological polar surface area (TPSA) is 120 Å². The van der Waals surface area contributed by atoms with Gasteiger partial charge in [-0.25, -0.2) is 4.79 Å². The maximum Gasteiger partial charge on any atom is 0.321 e. The molecule has 3 N–H and O–H groups in total. The number of benzene rings is 2. The molecule has 3 atom stereocenters. The lowest BCUT2D eigenvalue weighted by Crippen LogP contribution is -2.50. The van der Waals surface area contributed by atoms with Gasteiger partial charge >= 0.3 is 6.03 Å². The van der Waals surface area contributed by atoms with Crippen LogP contribution < -0.4 is 20.1 Å². The molecule has 41 heavy (non-hydrogen) atoms. The zero-order valence-corrected chi connectivity index (χ0v) is 24.4. The molecule has 0 aromatic heterocycles. The van der Waals surface area contributed by atoms with E-state index in [2.05, 4.69) is 10.6 Å². The molecule has 4 amide bonds. The molecular weight excluding hydrogens is 524 g/mol. The molecule has 1 aliphatic carbocycles. The van der Waals surface area contributed by atoms with E-state index >= 15 is 0 Å². The van der Waals surface area contributed by atoms with E-state index in [1.165, 1.54) is 4.90 Å². The van der Waals surface area contributed by atoms with Crippen LogP contribution in [0.5, 0.6) is 11.5 Å². The van der Waals surface area contributed by atoms with Gasteiger partial charge in [0, 0.05) is 31.1 Å². The minimum Gasteiger partial charge on any atom is -0.497 e. The summed E-state index contributed by atoms with van der Waals surface area (Å²) in [7, 11) is 3.27. The van der Waals surface area contributed by atoms with Gasteiger partial charge in [-0.2, -0.15) is 0 Å². The fourth-order valence-electron chi connectivity index (χ4n) is 5.41. The smallest absolute Gasteiger partial charge is 0.321 e. The Morgan fingerprint density at radius 1 is 1.12 bits per heavy atom. The highest BCUT2D eigenvalue weighted by atomic mass is 16.5. The zero-order chi connectivity index (χ0) is 29.5. The summed E-state index contributed by atoms with van der Waals surface area (Å²) in [6.07, 6.45) is 4.37. The number of carbonyl (C=O) groups is 3. The van der Waals surface area contributed by atoms with Gasteiger partial charge in [0.2, 0.25) is 5.91 Å². The zero-order valence-electron chi connectivity index (χ0n) is 24.4. The van der Waals surface area contributed by atoms with Crippen LogP contribution in [0.15, 0.2) is 42.5 Å². The molecule has 0 spiro atoms. The van der Waals surface area contributed by atoms with E-state index in [1.54, 1.807) is 68.4 Å². The number of para-hydroxylation sites is 1. The number of hydrogen-bond acceptors (Lipinski definition) is 6. The molecule has 0 unspecified atom stereocenters. The van der Waals surface area contributed by atoms with Crippen LogP contribution in [0.1, 0.15) is 56.3 Å². The van der Waals surface area contributed by atoms with Crippen LogP contribution in [-0.4, -0.2) is 78.8 Å². The molecule has 4 rings (SSSR count). The fraction of sp³-hybridized carbons (Fsp3) is 0.516. The Hall–Kier alpha value is -3.79. The van der Waals surface area contributed by atoms with Gasteiger partial charge in [-0.05, 0) is 56.2 Å². The molecule has 0 radical (unpaired) electrons. The standard InChI is InChI=1S/C31H42N4O6/c1-20-17-35(21(2)19-36)30(38)25-11-8-12-26(33-29(37)22-9-6-5-7-10-22)28(25)41-27(20)18-34(3)31(39)32-23-13-15-24(40-4)16-14-23/h8,11-16,20-22,27,36H,5-7,9-10,17-19H2,1-4H3,(H,32,39)(H,33,37)/t20-,21+,27-/m1/s1. The van der Waals surface area contributed by atoms with Gasteiger partial charge < -0.3 is 35.0 Å². The lowest BCUT2D eigenvalue weighted by molar-refractivity contribution is -0.120. The van der Waals surface area contributed by atoms with Gasteiger partial charge in [0.05, 0.1) is 37.6 Å². The Morgan fingerprint density at radius 3 is 2.49 bits per heavy atom. The lowest BCUT2D eigenvalue weighted by Gasteiger charge is -2.38. The van der Waals surface area contributed by atoms with Gasteiger partial charge in [-0.1, -0.05) is 32.3 Å². The first kappa shape index (κ1) is 30.2. The maximum atomic E-state index is 13.7. The average molecular weight is 567 g/mol. The molecule has 2 aliphatic rings. The first-order valence-electron chi connectivity index (χ1n) is 14.4. The van der Waals surface area contributed by atoms with Crippen LogP contribution in [0.4, 0.5) is 16.2 Å². The number of rotatable bonds is 8. The molecule has 2 aromatic carbocycles. The number of carbonyl (C=O) groups excluding carboxylic acids is 3. The van der Waals surface area contributed by atoms with Crippen LogP contribution in [0.3, 0.4) is 0 Å². The summed E-state index contributed by atoms with van der Waals surface area (Å²) < 4.78 is 11.7. The number of likely N-dealkylation sites (N-methyl/N-ethyl adjacent to an activating group) is 1. The number of anilines is 2. The van der Waals surface area contributed by atoms with E-state index in [-0.39, 0.29) is 48.6 Å². The molecule has 10 heteroatoms. The van der Waals surface area contributed by atoms with Crippen LogP contribution in [0, 0.1) is 11.8 Å². The third-order valence-corrected chi connectivity index (χ3v) is 8.07. The van der Waals surface area contributed by atoms with E-state index in [0.717, 1.165) is 32.1 Å². The van der Waals surface area contributed by atoms with Crippen molar-refractivity contribution in [2.24, 2.45) is 11.8 Å². The fourth-order valence-corrected chi connectivity index (χ4v) is 5.41. The van der Waals surface area contributed by atoms with Crippen LogP contribution >= 0.6 is 0 Å². The second-order valence-electron chi connectivity index (χ2n) is 11.2. The van der Waals surface area contributed by atoms with Crippen molar-refractivity contribution >= 4 is 29.2 Å². The molecule has 1 heterocycles. The van der Waals surface area contributed by atoms with E-state index in [0.29, 0.717) is 29.2 Å². The minimum atomic E-state index is -0.505. The van der Waals surface area contributed by atoms with Crippen molar-refractivity contribution < 1.29 is 29.0 Å². The second-order valence-corrected chi connectivity index (χ2v) is 11.2. The third-order valence-electron chi connectivity index (χ3n) is 8.07. The Bertz CT molecular complexity index is 1210. The first-order valence-corrected chi connectivity index (χ1v) is 14.4. The number of fused-ring (bicyclic) bond motifs is 1. The summed E-state index contributed by atoms with van der Waals surface area (Å²) in [5.41, 5.74) is 1.38. The van der Waals surface area contributed by atoms with Gasteiger partial charge in [0.15, 0.2) is 5.75 Å². The quantitative estimate of drug-likeness (QED) is 0.430. The Balaban J connectivity index is 1.60. The van der Waals surface area contributed by atoms with Crippen molar-refractivity contribution in [1.82, 2.24) is 9.80 Å². The van der Waals surface area contributed by atoms with E-state index in [1.807, 2.05) is 6.92 Å². The number of aliphatic hydroxyl groups is 1. The van der Waals surface area contributed by atoms with Crippen molar-refractivity contribution in [3.63, 3.8) is 0 Å². The van der Waals surface area contributed by atoms with Crippen molar-refractivity contribution in [3.8, 4) is 11.5 Å². The SMILES string of the molecule is COc1ccc(NC(=O)N(C)C[C@H]2Oc3c(NC(=O)C4CCCCC4)cccc3C(=O)N([C@@H](C)CO)C[C@H]2C)cc1. The molecule has 2 aromatic rings. The summed E-state index contributed by atoms with van der Waals surface area (Å²) >= 11 is 0. The Labute approximate surface area is 242 Å². The molecule has 10 nitrogen and oxygen atoms in total. The first-order chi connectivity index (χ1) is 19.7. The Morgan fingerprint density at radius 2 is 1.83 bits per heavy atom. The van der Waals surface area contributed by atoms with Gasteiger partial charge in [0.25, 0.3) is 5.91 Å². The minimum absolute atomic E-state index is 0.0719. The van der Waals surface area contributed by atoms with Crippen LogP contribution in [-0.2, 0) is 4.79 Å². The average Bonchev–Trinajstić information content (AvgIpc) is 2.99. The van der Waals surface area contributed by atoms with E-state index in [9.17, 15) is 19.5 Å². The number of hydrogen-bond donors (Lipinski definition) is 3. The summed E-state index contributed by atoms with van der Waals surface area (Å²) in [5, 5.41) is 15.8. The van der Waals surface area contributed by atoms with E-state index in [4.69, 9.17) is 9.47 Å². The van der Waals surface area contributed by atoms with Crippen molar-refractivity contribution in [3.05, 3.63) is 48.0 Å². The van der Waals surface area contributed by atoms with Crippen molar-refractivity contribution in [1.29, 1.82) is 0 Å². The highest BCUT2D eigenvalue weighted by molar-refractivity contribution is 6.02. The van der Waals surface area contributed by atoms with Crippen LogP contribution in [0.2, 0.25) is 0 Å². The third kappa shape index (κ3) is 7.30. The number of urea groups is 1. The normalized spacial score (nSPS) is 20.1. The molecule has 1 saturated carbocycles. The number of methoxy groups -OCH3 is 1. The molecule has 0 bridgehead atoms. The van der Waals surface area contributed by atoms with Crippen molar-refractivity contribution in [2.75, 3.05) is 44.5 Å². The van der Waals surface area contributed by atoms with E-state index < -0.39 is 12.1 Å². The predicted octanol–water partition coefficient (Wildman–Crippen LogP) is 4.60. The highest BCUT2D eigenvalue weighted by Crippen LogP contribution is 2.36.